The summed E-state index contributed by atoms with van der Waals surface area (Å²) in [6.07, 6.45) is 2.51. The number of rotatable bonds is 12. The highest BCUT2D eigenvalue weighted by molar-refractivity contribution is 5.99. The Morgan fingerprint density at radius 3 is 2.55 bits per heavy atom. The molecule has 0 amide bonds. The van der Waals surface area contributed by atoms with E-state index in [0.717, 1.165) is 11.6 Å². The van der Waals surface area contributed by atoms with E-state index in [1.165, 1.54) is 39.7 Å². The van der Waals surface area contributed by atoms with Crippen molar-refractivity contribution in [2.24, 2.45) is 11.8 Å². The third kappa shape index (κ3) is 9.30. The van der Waals surface area contributed by atoms with Crippen LogP contribution in [-0.4, -0.2) is 75.1 Å². The molecule has 4 atom stereocenters. The van der Waals surface area contributed by atoms with Gasteiger partial charge in [0.05, 0.1) is 45.7 Å². The van der Waals surface area contributed by atoms with Gasteiger partial charge in [-0.15, -0.1) is 0 Å². The van der Waals surface area contributed by atoms with Crippen LogP contribution in [0.15, 0.2) is 54.9 Å². The number of aromatic nitrogens is 1. The standard InChI is InChI=1S/C30H35NO11/c1-19-28(39-13-11-26(34)37-4)22(14-21-8-6-5-7-9-21)16-38-17-23(30(35)42-19)15-24(33)27-29(41-18-40-20(2)32)25(36-3)10-12-31-27/h5-13,19,22-23,28H,14-18H2,1-4H3/b13-11+/t19-,22-,23-,28-/m0/s1. The lowest BCUT2D eigenvalue weighted by atomic mass is 9.91. The minimum atomic E-state index is -0.962. The van der Waals surface area contributed by atoms with E-state index < -0.39 is 48.6 Å². The zero-order chi connectivity index (χ0) is 30.5. The molecule has 3 rings (SSSR count). The average Bonchev–Trinajstić information content (AvgIpc) is 3.02. The Morgan fingerprint density at radius 2 is 1.86 bits per heavy atom. The van der Waals surface area contributed by atoms with Crippen molar-refractivity contribution in [3.8, 4) is 11.5 Å². The van der Waals surface area contributed by atoms with Crippen LogP contribution >= 0.6 is 0 Å². The summed E-state index contributed by atoms with van der Waals surface area (Å²) in [5.74, 6) is -3.41. The van der Waals surface area contributed by atoms with Crippen LogP contribution in [-0.2, 0) is 44.5 Å². The van der Waals surface area contributed by atoms with E-state index in [-0.39, 0.29) is 42.7 Å². The maximum atomic E-state index is 13.4. The molecule has 0 aliphatic carbocycles. The van der Waals surface area contributed by atoms with Crippen LogP contribution in [0.1, 0.15) is 36.3 Å². The molecule has 2 aromatic rings. The number of hydrogen-bond donors (Lipinski definition) is 0. The van der Waals surface area contributed by atoms with Crippen LogP contribution in [0.4, 0.5) is 0 Å². The average molecular weight is 586 g/mol. The number of hydrogen-bond acceptors (Lipinski definition) is 12. The number of ketones is 1. The van der Waals surface area contributed by atoms with Crippen molar-refractivity contribution >= 4 is 23.7 Å². The maximum Gasteiger partial charge on any atom is 0.333 e. The van der Waals surface area contributed by atoms with Gasteiger partial charge < -0.3 is 33.2 Å². The van der Waals surface area contributed by atoms with Crippen molar-refractivity contribution < 1.29 is 52.3 Å². The van der Waals surface area contributed by atoms with Gasteiger partial charge in [-0.1, -0.05) is 30.3 Å². The zero-order valence-electron chi connectivity index (χ0n) is 24.0. The predicted octanol–water partition coefficient (Wildman–Crippen LogP) is 3.07. The lowest BCUT2D eigenvalue weighted by Crippen LogP contribution is -2.39. The van der Waals surface area contributed by atoms with Gasteiger partial charge in [-0.3, -0.25) is 14.4 Å². The lowest BCUT2D eigenvalue weighted by Gasteiger charge is -2.30. The second-order valence-electron chi connectivity index (χ2n) is 9.47. The number of nitrogens with zero attached hydrogens (tertiary/aromatic N) is 1. The third-order valence-corrected chi connectivity index (χ3v) is 6.45. The smallest absolute Gasteiger partial charge is 0.333 e. The van der Waals surface area contributed by atoms with Crippen molar-refractivity contribution in [3.63, 3.8) is 0 Å². The molecule has 42 heavy (non-hydrogen) atoms. The Kier molecular flexibility index (Phi) is 12.3. The second-order valence-corrected chi connectivity index (χ2v) is 9.47. The minimum absolute atomic E-state index is 0.0225. The van der Waals surface area contributed by atoms with Crippen molar-refractivity contribution in [1.82, 2.24) is 4.98 Å². The fraction of sp³-hybridized carbons (Fsp3) is 0.433. The van der Waals surface area contributed by atoms with E-state index in [1.807, 2.05) is 30.3 Å². The molecule has 1 aromatic carbocycles. The molecule has 1 aliphatic heterocycles. The normalized spacial score (nSPS) is 20.8. The Labute approximate surface area is 243 Å². The summed E-state index contributed by atoms with van der Waals surface area (Å²) in [6, 6.07) is 11.2. The first-order chi connectivity index (χ1) is 20.2. The first-order valence-corrected chi connectivity index (χ1v) is 13.3. The van der Waals surface area contributed by atoms with Crippen LogP contribution in [0.25, 0.3) is 0 Å². The van der Waals surface area contributed by atoms with Crippen LogP contribution in [0.2, 0.25) is 0 Å². The molecule has 226 valence electrons. The largest absolute Gasteiger partial charge is 0.494 e. The number of cyclic esters (lactones) is 1. The predicted molar refractivity (Wildman–Crippen MR) is 147 cm³/mol. The first kappa shape index (κ1) is 32.1. The zero-order valence-corrected chi connectivity index (χ0v) is 24.0. The molecule has 12 nitrogen and oxygen atoms in total. The van der Waals surface area contributed by atoms with Crippen molar-refractivity contribution in [3.05, 3.63) is 66.2 Å². The molecule has 0 unspecified atom stereocenters. The summed E-state index contributed by atoms with van der Waals surface area (Å²) >= 11 is 0. The molecule has 0 N–H and O–H groups in total. The fourth-order valence-corrected chi connectivity index (χ4v) is 4.39. The number of esters is 3. The van der Waals surface area contributed by atoms with Crippen molar-refractivity contribution in [2.45, 2.75) is 38.9 Å². The topological polar surface area (TPSA) is 146 Å². The van der Waals surface area contributed by atoms with Gasteiger partial charge in [0.1, 0.15) is 12.2 Å². The maximum absolute atomic E-state index is 13.4. The molecule has 1 saturated heterocycles. The highest BCUT2D eigenvalue weighted by atomic mass is 16.7. The van der Waals surface area contributed by atoms with Gasteiger partial charge in [0, 0.05) is 31.5 Å². The second kappa shape index (κ2) is 16.1. The summed E-state index contributed by atoms with van der Waals surface area (Å²) in [5.41, 5.74) is 0.921. The number of benzene rings is 1. The molecule has 0 spiro atoms. The van der Waals surface area contributed by atoms with Crippen LogP contribution in [0.3, 0.4) is 0 Å². The first-order valence-electron chi connectivity index (χ1n) is 13.3. The van der Waals surface area contributed by atoms with Gasteiger partial charge in [0.25, 0.3) is 0 Å². The SMILES string of the molecule is COC(=O)/C=C/O[C@@H]1[C@@H](Cc2ccccc2)COC[C@H](CC(=O)c2nccc(OC)c2OCOC(C)=O)C(=O)O[C@H]1C. The van der Waals surface area contributed by atoms with Gasteiger partial charge >= 0.3 is 17.9 Å². The molecule has 0 saturated carbocycles. The van der Waals surface area contributed by atoms with Crippen LogP contribution in [0.5, 0.6) is 11.5 Å². The van der Waals surface area contributed by atoms with Crippen LogP contribution in [0, 0.1) is 11.8 Å². The Hall–Kier alpha value is -4.45. The van der Waals surface area contributed by atoms with Gasteiger partial charge in [0.2, 0.25) is 6.79 Å². The van der Waals surface area contributed by atoms with E-state index in [0.29, 0.717) is 6.42 Å². The number of carbonyl (C=O) groups is 4. The summed E-state index contributed by atoms with van der Waals surface area (Å²) in [6.45, 7) is 2.53. The molecule has 1 aliphatic rings. The van der Waals surface area contributed by atoms with Gasteiger partial charge in [0.15, 0.2) is 23.0 Å². The number of carbonyl (C=O) groups excluding carboxylic acids is 4. The van der Waals surface area contributed by atoms with Crippen molar-refractivity contribution in [2.75, 3.05) is 34.2 Å². The summed E-state index contributed by atoms with van der Waals surface area (Å²) in [4.78, 5) is 53.5. The fourth-order valence-electron chi connectivity index (χ4n) is 4.39. The number of pyridine rings is 1. The van der Waals surface area contributed by atoms with E-state index in [2.05, 4.69) is 9.72 Å². The Morgan fingerprint density at radius 1 is 1.10 bits per heavy atom. The summed E-state index contributed by atoms with van der Waals surface area (Å²) in [7, 11) is 2.64. The molecule has 0 radical (unpaired) electrons. The number of ether oxygens (including phenoxy) is 7. The van der Waals surface area contributed by atoms with E-state index in [4.69, 9.17) is 28.4 Å². The molecule has 1 fully saturated rings. The van der Waals surface area contributed by atoms with E-state index in [9.17, 15) is 19.2 Å². The molecule has 0 bridgehead atoms. The Balaban J connectivity index is 1.80. The lowest BCUT2D eigenvalue weighted by molar-refractivity contribution is -0.160. The monoisotopic (exact) mass is 585 g/mol. The van der Waals surface area contributed by atoms with Gasteiger partial charge in [-0.25, -0.2) is 9.78 Å². The molecular formula is C30H35NO11. The van der Waals surface area contributed by atoms with E-state index in [1.54, 1.807) is 6.92 Å². The molecular weight excluding hydrogens is 550 g/mol. The quantitative estimate of drug-likeness (QED) is 0.0901. The molecule has 12 heteroatoms. The third-order valence-electron chi connectivity index (χ3n) is 6.45. The molecule has 2 heterocycles. The highest BCUT2D eigenvalue weighted by Gasteiger charge is 2.36. The van der Waals surface area contributed by atoms with E-state index >= 15 is 0 Å². The highest BCUT2D eigenvalue weighted by Crippen LogP contribution is 2.32. The Bertz CT molecular complexity index is 1250. The van der Waals surface area contributed by atoms with Gasteiger partial charge in [-0.05, 0) is 18.9 Å². The summed E-state index contributed by atoms with van der Waals surface area (Å²) in [5, 5.41) is 0. The molecule has 1 aromatic heterocycles. The summed E-state index contributed by atoms with van der Waals surface area (Å²) < 4.78 is 37.8. The number of methoxy groups -OCH3 is 2. The van der Waals surface area contributed by atoms with Gasteiger partial charge in [-0.2, -0.15) is 0 Å². The number of Topliss-reactive ketones (excluding diaryl/α,β-unsaturated/α-hetero) is 1. The van der Waals surface area contributed by atoms with Crippen LogP contribution < -0.4 is 9.47 Å². The van der Waals surface area contributed by atoms with Crippen molar-refractivity contribution in [1.29, 1.82) is 0 Å². The minimum Gasteiger partial charge on any atom is -0.494 e.